The Hall–Kier alpha value is -3.40. The fraction of sp³-hybridized carbons (Fsp3) is 0.348. The average molecular weight is 470 g/mol. The van der Waals surface area contributed by atoms with Crippen molar-refractivity contribution >= 4 is 29.3 Å². The molecule has 1 amide bonds. The maximum atomic E-state index is 12.3. The lowest BCUT2D eigenvalue weighted by atomic mass is 10.1. The lowest BCUT2D eigenvalue weighted by molar-refractivity contribution is -0.118. The molecule has 1 N–H and O–H groups in total. The zero-order valence-electron chi connectivity index (χ0n) is 18.9. The minimum Gasteiger partial charge on any atom is -0.497 e. The number of thioether (sulfide) groups is 1. The molecule has 0 bridgehead atoms. The van der Waals surface area contributed by atoms with Crippen molar-refractivity contribution in [3.63, 3.8) is 0 Å². The van der Waals surface area contributed by atoms with Crippen LogP contribution in [-0.2, 0) is 17.8 Å². The molecule has 0 fully saturated rings. The Bertz CT molecular complexity index is 1100. The Morgan fingerprint density at radius 3 is 2.52 bits per heavy atom. The highest BCUT2D eigenvalue weighted by atomic mass is 32.2. The summed E-state index contributed by atoms with van der Waals surface area (Å²) in [5.74, 6) is 3.22. The van der Waals surface area contributed by atoms with Crippen molar-refractivity contribution in [3.8, 4) is 17.2 Å². The summed E-state index contributed by atoms with van der Waals surface area (Å²) in [6.45, 7) is 2.12. The summed E-state index contributed by atoms with van der Waals surface area (Å²) < 4.78 is 17.9. The minimum absolute atomic E-state index is 0.0390. The molecule has 1 aliphatic heterocycles. The van der Waals surface area contributed by atoms with E-state index in [-0.39, 0.29) is 11.7 Å². The third kappa shape index (κ3) is 5.16. The van der Waals surface area contributed by atoms with Crippen LogP contribution in [0.1, 0.15) is 5.56 Å². The molecule has 3 aromatic rings. The predicted octanol–water partition coefficient (Wildman–Crippen LogP) is 2.91. The van der Waals surface area contributed by atoms with Crippen molar-refractivity contribution in [3.05, 3.63) is 48.0 Å². The Morgan fingerprint density at radius 2 is 1.79 bits per heavy atom. The second-order valence-electron chi connectivity index (χ2n) is 7.36. The predicted molar refractivity (Wildman–Crippen MR) is 127 cm³/mol. The summed E-state index contributed by atoms with van der Waals surface area (Å²) in [7, 11) is 4.87. The number of benzene rings is 2. The molecular formula is C23H27N5O4S. The maximum absolute atomic E-state index is 12.3. The van der Waals surface area contributed by atoms with Gasteiger partial charge in [0.25, 0.3) is 0 Å². The molecule has 0 radical (unpaired) electrons. The van der Waals surface area contributed by atoms with Gasteiger partial charge in [-0.25, -0.2) is 0 Å². The zero-order valence-corrected chi connectivity index (χ0v) is 19.7. The normalized spacial score (nSPS) is 12.4. The van der Waals surface area contributed by atoms with Crippen LogP contribution >= 0.6 is 11.8 Å². The summed E-state index contributed by atoms with van der Waals surface area (Å²) in [6.07, 6.45) is 0.702. The number of hydrogen-bond acceptors (Lipinski definition) is 8. The third-order valence-corrected chi connectivity index (χ3v) is 6.35. The SMILES string of the molecule is COc1ccc(N2CCn3c(SCC(=O)NCCc4ccc(OC)c(OC)c4)nnc32)cc1. The first-order chi connectivity index (χ1) is 16.1. The smallest absolute Gasteiger partial charge is 0.232 e. The van der Waals surface area contributed by atoms with Gasteiger partial charge in [-0.1, -0.05) is 17.8 Å². The molecule has 0 aliphatic carbocycles. The van der Waals surface area contributed by atoms with Crippen LogP contribution < -0.4 is 24.4 Å². The van der Waals surface area contributed by atoms with Crippen LogP contribution in [0.3, 0.4) is 0 Å². The van der Waals surface area contributed by atoms with Gasteiger partial charge in [0.2, 0.25) is 11.9 Å². The van der Waals surface area contributed by atoms with Crippen molar-refractivity contribution in [2.24, 2.45) is 0 Å². The molecule has 2 aromatic carbocycles. The van der Waals surface area contributed by atoms with E-state index >= 15 is 0 Å². The van der Waals surface area contributed by atoms with Crippen molar-refractivity contribution in [2.45, 2.75) is 18.1 Å². The van der Waals surface area contributed by atoms with Gasteiger partial charge in [-0.3, -0.25) is 9.36 Å². The number of carbonyl (C=O) groups is 1. The number of carbonyl (C=O) groups excluding carboxylic acids is 1. The summed E-state index contributed by atoms with van der Waals surface area (Å²) in [5.41, 5.74) is 2.10. The molecule has 4 rings (SSSR count). The number of hydrogen-bond donors (Lipinski definition) is 1. The summed E-state index contributed by atoms with van der Waals surface area (Å²) in [4.78, 5) is 14.5. The van der Waals surface area contributed by atoms with Crippen LogP contribution in [-0.4, -0.2) is 60.8 Å². The van der Waals surface area contributed by atoms with Gasteiger partial charge < -0.3 is 24.4 Å². The monoisotopic (exact) mass is 469 g/mol. The Morgan fingerprint density at radius 1 is 1.00 bits per heavy atom. The molecular weight excluding hydrogens is 442 g/mol. The van der Waals surface area contributed by atoms with Crippen molar-refractivity contribution in [1.82, 2.24) is 20.1 Å². The number of aromatic nitrogens is 3. The molecule has 0 saturated carbocycles. The van der Waals surface area contributed by atoms with Crippen LogP contribution in [0.15, 0.2) is 47.6 Å². The molecule has 0 saturated heterocycles. The molecule has 0 atom stereocenters. The van der Waals surface area contributed by atoms with Gasteiger partial charge in [0.05, 0.1) is 27.1 Å². The fourth-order valence-electron chi connectivity index (χ4n) is 3.65. The number of rotatable bonds is 10. The van der Waals surface area contributed by atoms with E-state index in [1.807, 2.05) is 47.0 Å². The Kier molecular flexibility index (Phi) is 7.23. The molecule has 2 heterocycles. The van der Waals surface area contributed by atoms with Crippen LogP contribution in [0.2, 0.25) is 0 Å². The standard InChI is InChI=1S/C23H27N5O4S/c1-30-18-7-5-17(6-8-18)27-12-13-28-22(27)25-26-23(28)33-15-21(29)24-11-10-16-4-9-19(31-2)20(14-16)32-3/h4-9,14H,10-13,15H2,1-3H3,(H,24,29). The van der Waals surface area contributed by atoms with Crippen molar-refractivity contribution in [1.29, 1.82) is 0 Å². The van der Waals surface area contributed by atoms with Gasteiger partial charge in [-0.05, 0) is 48.4 Å². The number of nitrogens with zero attached hydrogens (tertiary/aromatic N) is 4. The second kappa shape index (κ2) is 10.5. The quantitative estimate of drug-likeness (QED) is 0.454. The largest absolute Gasteiger partial charge is 0.497 e. The Balaban J connectivity index is 1.27. The molecule has 9 nitrogen and oxygen atoms in total. The van der Waals surface area contributed by atoms with Gasteiger partial charge in [0, 0.05) is 25.3 Å². The number of fused-ring (bicyclic) bond motifs is 1. The zero-order chi connectivity index (χ0) is 23.2. The van der Waals surface area contributed by atoms with E-state index < -0.39 is 0 Å². The summed E-state index contributed by atoms with van der Waals surface area (Å²) in [5, 5.41) is 12.3. The number of anilines is 2. The average Bonchev–Trinajstić information content (AvgIpc) is 3.45. The van der Waals surface area contributed by atoms with E-state index in [0.29, 0.717) is 24.5 Å². The first-order valence-electron chi connectivity index (χ1n) is 10.6. The molecule has 0 spiro atoms. The number of amides is 1. The van der Waals surface area contributed by atoms with Crippen LogP contribution in [0.25, 0.3) is 0 Å². The summed E-state index contributed by atoms with van der Waals surface area (Å²) >= 11 is 1.40. The summed E-state index contributed by atoms with van der Waals surface area (Å²) in [6, 6.07) is 13.6. The van der Waals surface area contributed by atoms with Crippen LogP contribution in [0.4, 0.5) is 11.6 Å². The molecule has 0 unspecified atom stereocenters. The topological polar surface area (TPSA) is 90.7 Å². The number of ether oxygens (including phenoxy) is 3. The number of nitrogens with one attached hydrogen (secondary N) is 1. The van der Waals surface area contributed by atoms with E-state index in [1.54, 1.807) is 21.3 Å². The highest BCUT2D eigenvalue weighted by molar-refractivity contribution is 7.99. The van der Waals surface area contributed by atoms with Gasteiger partial charge in [0.15, 0.2) is 16.7 Å². The first-order valence-corrected chi connectivity index (χ1v) is 11.6. The van der Waals surface area contributed by atoms with E-state index in [1.165, 1.54) is 11.8 Å². The van der Waals surface area contributed by atoms with Crippen molar-refractivity contribution in [2.75, 3.05) is 45.1 Å². The van der Waals surface area contributed by atoms with Gasteiger partial charge in [0.1, 0.15) is 5.75 Å². The lowest BCUT2D eigenvalue weighted by Crippen LogP contribution is -2.27. The lowest BCUT2D eigenvalue weighted by Gasteiger charge is -2.15. The van der Waals surface area contributed by atoms with Crippen molar-refractivity contribution < 1.29 is 19.0 Å². The minimum atomic E-state index is -0.0390. The van der Waals surface area contributed by atoms with Gasteiger partial charge >= 0.3 is 0 Å². The van der Waals surface area contributed by atoms with E-state index in [4.69, 9.17) is 14.2 Å². The van der Waals surface area contributed by atoms with E-state index in [0.717, 1.165) is 41.2 Å². The third-order valence-electron chi connectivity index (χ3n) is 5.39. The van der Waals surface area contributed by atoms with Crippen LogP contribution in [0, 0.1) is 0 Å². The highest BCUT2D eigenvalue weighted by Gasteiger charge is 2.26. The van der Waals surface area contributed by atoms with Gasteiger partial charge in [-0.15, -0.1) is 10.2 Å². The fourth-order valence-corrected chi connectivity index (χ4v) is 4.44. The maximum Gasteiger partial charge on any atom is 0.232 e. The molecule has 10 heteroatoms. The molecule has 174 valence electrons. The second-order valence-corrected chi connectivity index (χ2v) is 8.30. The number of methoxy groups -OCH3 is 3. The molecule has 1 aromatic heterocycles. The highest BCUT2D eigenvalue weighted by Crippen LogP contribution is 2.33. The van der Waals surface area contributed by atoms with E-state index in [9.17, 15) is 4.79 Å². The molecule has 33 heavy (non-hydrogen) atoms. The Labute approximate surface area is 197 Å². The first kappa shape index (κ1) is 22.8. The molecule has 1 aliphatic rings. The van der Waals surface area contributed by atoms with E-state index in [2.05, 4.69) is 20.4 Å². The van der Waals surface area contributed by atoms with Gasteiger partial charge in [-0.2, -0.15) is 0 Å². The van der Waals surface area contributed by atoms with Crippen LogP contribution in [0.5, 0.6) is 17.2 Å².